The summed E-state index contributed by atoms with van der Waals surface area (Å²) >= 11 is 0.984. The summed E-state index contributed by atoms with van der Waals surface area (Å²) in [5.41, 5.74) is 10.4. The highest BCUT2D eigenvalue weighted by Gasteiger charge is 2.08. The van der Waals surface area contributed by atoms with Crippen molar-refractivity contribution < 1.29 is 5.11 Å². The van der Waals surface area contributed by atoms with Crippen LogP contribution in [0.15, 0.2) is 0 Å². The minimum Gasteiger partial charge on any atom is -0.396 e. The number of nitrogens with one attached hydrogen (secondary N) is 2. The predicted octanol–water partition coefficient (Wildman–Crippen LogP) is -0.700. The van der Waals surface area contributed by atoms with Gasteiger partial charge >= 0.3 is 0 Å². The highest BCUT2D eigenvalue weighted by Crippen LogP contribution is 2.08. The van der Waals surface area contributed by atoms with Crippen molar-refractivity contribution in [3.8, 4) is 0 Å². The molecule has 1 atom stereocenters. The van der Waals surface area contributed by atoms with Crippen LogP contribution in [0.4, 0.5) is 0 Å². The Hall–Kier alpha value is -0.590. The Bertz CT molecular complexity index is 161. The lowest BCUT2D eigenvalue weighted by Crippen LogP contribution is -2.33. The maximum Gasteiger partial charge on any atom is 0.119 e. The first-order valence-electron chi connectivity index (χ1n) is 3.02. The van der Waals surface area contributed by atoms with E-state index in [2.05, 4.69) is 0 Å². The van der Waals surface area contributed by atoms with Crippen LogP contribution in [0.3, 0.4) is 0 Å². The van der Waals surface area contributed by atoms with Crippen LogP contribution in [0.1, 0.15) is 6.42 Å². The van der Waals surface area contributed by atoms with Crippen LogP contribution in [-0.4, -0.2) is 28.0 Å². The second-order valence-electron chi connectivity index (χ2n) is 1.89. The van der Waals surface area contributed by atoms with Gasteiger partial charge in [-0.1, -0.05) is 11.8 Å². The Morgan fingerprint density at radius 3 is 2.45 bits per heavy atom. The van der Waals surface area contributed by atoms with Crippen molar-refractivity contribution in [2.75, 3.05) is 6.61 Å². The molecule has 0 aliphatic rings. The van der Waals surface area contributed by atoms with Gasteiger partial charge in [0.15, 0.2) is 0 Å². The minimum absolute atomic E-state index is 0.0730. The van der Waals surface area contributed by atoms with Crippen molar-refractivity contribution in [3.05, 3.63) is 0 Å². The molecular weight excluding hydrogens is 164 g/mol. The largest absolute Gasteiger partial charge is 0.396 e. The van der Waals surface area contributed by atoms with Crippen molar-refractivity contribution in [3.63, 3.8) is 0 Å². The molecule has 11 heavy (non-hydrogen) atoms. The monoisotopic (exact) mass is 176 g/mol. The van der Waals surface area contributed by atoms with E-state index in [0.717, 1.165) is 11.8 Å². The molecule has 0 saturated heterocycles. The van der Waals surface area contributed by atoms with E-state index in [1.165, 1.54) is 0 Å². The summed E-state index contributed by atoms with van der Waals surface area (Å²) in [7, 11) is 0. The zero-order valence-corrected chi connectivity index (χ0v) is 6.82. The maximum atomic E-state index is 8.41. The normalized spacial score (nSPS) is 12.5. The number of thioether (sulfide) groups is 1. The first-order chi connectivity index (χ1) is 5.07. The molecule has 0 spiro atoms. The Labute approximate surface area is 69.2 Å². The molecule has 64 valence electrons. The van der Waals surface area contributed by atoms with E-state index in [4.69, 9.17) is 27.4 Å². The van der Waals surface area contributed by atoms with Crippen molar-refractivity contribution in [2.24, 2.45) is 11.5 Å². The molecule has 0 amide bonds. The zero-order valence-electron chi connectivity index (χ0n) is 6.00. The lowest BCUT2D eigenvalue weighted by Gasteiger charge is -2.08. The number of aliphatic hydroxyl groups excluding tert-OH is 1. The van der Waals surface area contributed by atoms with Gasteiger partial charge in [0.1, 0.15) is 11.2 Å². The molecule has 0 aromatic carbocycles. The Morgan fingerprint density at radius 2 is 2.09 bits per heavy atom. The third-order valence-electron chi connectivity index (χ3n) is 0.915. The van der Waals surface area contributed by atoms with Crippen molar-refractivity contribution in [2.45, 2.75) is 11.8 Å². The Balaban J connectivity index is 3.66. The molecule has 7 N–H and O–H groups in total. The molecular formula is C5H12N4OS. The van der Waals surface area contributed by atoms with Crippen LogP contribution < -0.4 is 11.5 Å². The van der Waals surface area contributed by atoms with E-state index in [9.17, 15) is 0 Å². The molecule has 0 aliphatic heterocycles. The molecule has 0 aromatic rings. The standard InChI is InChI=1S/C5H12N4OS/c6-3(1-2-10)11-5(9)4(7)8/h5-6,10H,1-2,9H2,(H3,7,8). The molecule has 0 aliphatic carbocycles. The number of hydrogen-bond acceptors (Lipinski definition) is 5. The van der Waals surface area contributed by atoms with Gasteiger partial charge in [0.25, 0.3) is 0 Å². The van der Waals surface area contributed by atoms with Gasteiger partial charge in [-0.15, -0.1) is 0 Å². The van der Waals surface area contributed by atoms with E-state index in [1.807, 2.05) is 0 Å². The summed E-state index contributed by atoms with van der Waals surface area (Å²) < 4.78 is 0. The average Bonchev–Trinajstić information content (AvgIpc) is 1.87. The van der Waals surface area contributed by atoms with Crippen LogP contribution in [0, 0.1) is 10.8 Å². The number of hydrogen-bond donors (Lipinski definition) is 5. The van der Waals surface area contributed by atoms with Crippen LogP contribution in [0.5, 0.6) is 0 Å². The van der Waals surface area contributed by atoms with E-state index < -0.39 is 5.37 Å². The van der Waals surface area contributed by atoms with Crippen molar-refractivity contribution in [1.29, 1.82) is 10.8 Å². The van der Waals surface area contributed by atoms with Gasteiger partial charge in [-0.05, 0) is 0 Å². The number of nitrogens with two attached hydrogens (primary N) is 2. The van der Waals surface area contributed by atoms with E-state index >= 15 is 0 Å². The molecule has 0 rings (SSSR count). The number of rotatable bonds is 4. The van der Waals surface area contributed by atoms with Crippen molar-refractivity contribution >= 4 is 22.6 Å². The molecule has 0 bridgehead atoms. The van der Waals surface area contributed by atoms with Gasteiger partial charge in [-0.2, -0.15) is 0 Å². The van der Waals surface area contributed by atoms with Crippen LogP contribution in [0.2, 0.25) is 0 Å². The third-order valence-corrected chi connectivity index (χ3v) is 1.91. The molecule has 6 heteroatoms. The molecule has 0 saturated carbocycles. The maximum absolute atomic E-state index is 8.41. The summed E-state index contributed by atoms with van der Waals surface area (Å²) in [6.45, 7) is -0.0730. The van der Waals surface area contributed by atoms with Gasteiger partial charge in [0.2, 0.25) is 0 Å². The minimum atomic E-state index is -0.658. The molecule has 0 radical (unpaired) electrons. The first-order valence-corrected chi connectivity index (χ1v) is 3.90. The quantitative estimate of drug-likeness (QED) is 0.221. The SMILES string of the molecule is N=C(CCO)SC(N)C(=N)N. The van der Waals surface area contributed by atoms with Crippen LogP contribution >= 0.6 is 11.8 Å². The van der Waals surface area contributed by atoms with Crippen LogP contribution in [-0.2, 0) is 0 Å². The highest BCUT2D eigenvalue weighted by atomic mass is 32.2. The summed E-state index contributed by atoms with van der Waals surface area (Å²) in [6.07, 6.45) is 0.269. The second kappa shape index (κ2) is 5.11. The fourth-order valence-electron chi connectivity index (χ4n) is 0.377. The van der Waals surface area contributed by atoms with Gasteiger partial charge in [-0.3, -0.25) is 10.8 Å². The smallest absolute Gasteiger partial charge is 0.119 e. The van der Waals surface area contributed by atoms with Gasteiger partial charge in [-0.25, -0.2) is 0 Å². The lowest BCUT2D eigenvalue weighted by molar-refractivity contribution is 0.307. The van der Waals surface area contributed by atoms with Crippen LogP contribution in [0.25, 0.3) is 0 Å². The molecule has 0 heterocycles. The molecule has 1 unspecified atom stereocenters. The zero-order chi connectivity index (χ0) is 8.85. The second-order valence-corrected chi connectivity index (χ2v) is 3.13. The first kappa shape index (κ1) is 10.4. The van der Waals surface area contributed by atoms with E-state index in [0.29, 0.717) is 0 Å². The fourth-order valence-corrected chi connectivity index (χ4v) is 1.02. The van der Waals surface area contributed by atoms with Crippen molar-refractivity contribution in [1.82, 2.24) is 0 Å². The summed E-state index contributed by atoms with van der Waals surface area (Å²) in [6, 6.07) is 0. The lowest BCUT2D eigenvalue weighted by atomic mass is 10.5. The topological polar surface area (TPSA) is 120 Å². The summed E-state index contributed by atoms with van der Waals surface area (Å²) in [5, 5.41) is 22.1. The predicted molar refractivity (Wildman–Crippen MR) is 46.9 cm³/mol. The third kappa shape index (κ3) is 4.77. The fraction of sp³-hybridized carbons (Fsp3) is 0.600. The number of amidine groups is 1. The van der Waals surface area contributed by atoms with Gasteiger partial charge in [0.05, 0.1) is 5.04 Å². The number of aliphatic hydroxyl groups is 1. The van der Waals surface area contributed by atoms with E-state index in [-0.39, 0.29) is 23.9 Å². The molecule has 0 fully saturated rings. The van der Waals surface area contributed by atoms with Gasteiger partial charge in [0, 0.05) is 13.0 Å². The summed E-state index contributed by atoms with van der Waals surface area (Å²) in [5.74, 6) is -0.155. The highest BCUT2D eigenvalue weighted by molar-refractivity contribution is 8.14. The Morgan fingerprint density at radius 1 is 1.55 bits per heavy atom. The summed E-state index contributed by atoms with van der Waals surface area (Å²) in [4.78, 5) is 0. The Kier molecular flexibility index (Phi) is 4.84. The van der Waals surface area contributed by atoms with Gasteiger partial charge < -0.3 is 16.6 Å². The van der Waals surface area contributed by atoms with E-state index in [1.54, 1.807) is 0 Å². The molecule has 0 aromatic heterocycles. The average molecular weight is 176 g/mol. The molecule has 5 nitrogen and oxygen atoms in total.